The van der Waals surface area contributed by atoms with Crippen LogP contribution in [0.1, 0.15) is 12.8 Å². The zero-order valence-electron chi connectivity index (χ0n) is 17.9. The summed E-state index contributed by atoms with van der Waals surface area (Å²) in [4.78, 5) is 0. The fourth-order valence-corrected chi connectivity index (χ4v) is 2.24. The van der Waals surface area contributed by atoms with Crippen molar-refractivity contribution in [1.29, 1.82) is 0 Å². The molecule has 16 heteroatoms. The van der Waals surface area contributed by atoms with Gasteiger partial charge in [0.25, 0.3) is 5.92 Å². The number of ether oxygens (including phenoxy) is 4. The monoisotopic (exact) mass is 530 g/mol. The first kappa shape index (κ1) is 33.1. The van der Waals surface area contributed by atoms with E-state index >= 15 is 0 Å². The van der Waals surface area contributed by atoms with Gasteiger partial charge in [-0.2, -0.15) is 35.1 Å². The average Bonchev–Trinajstić information content (AvgIpc) is 2.67. The highest BCUT2D eigenvalue weighted by atomic mass is 19.4. The van der Waals surface area contributed by atoms with Crippen molar-refractivity contribution in [3.05, 3.63) is 0 Å². The zero-order chi connectivity index (χ0) is 26.5. The van der Waals surface area contributed by atoms with E-state index in [-0.39, 0.29) is 33.0 Å². The number of aliphatic hydroxyl groups is 2. The quantitative estimate of drug-likeness (QED) is 0.197. The molecule has 0 saturated carbocycles. The summed E-state index contributed by atoms with van der Waals surface area (Å²) in [6, 6.07) is 0. The van der Waals surface area contributed by atoms with Crippen molar-refractivity contribution in [2.24, 2.45) is 11.8 Å². The highest BCUT2D eigenvalue weighted by Crippen LogP contribution is 2.37. The lowest BCUT2D eigenvalue weighted by atomic mass is 10.2. The molecular weight excluding hydrogens is 502 g/mol. The summed E-state index contributed by atoms with van der Waals surface area (Å²) >= 11 is 0. The lowest BCUT2D eigenvalue weighted by Crippen LogP contribution is -2.37. The Bertz CT molecular complexity index is 530. The topological polar surface area (TPSA) is 77.4 Å². The fourth-order valence-electron chi connectivity index (χ4n) is 2.24. The van der Waals surface area contributed by atoms with Gasteiger partial charge in [-0.15, -0.1) is 0 Å². The maximum atomic E-state index is 13.1. The molecule has 2 unspecified atom stereocenters. The summed E-state index contributed by atoms with van der Waals surface area (Å²) in [5.74, 6) is -10.5. The first-order chi connectivity index (χ1) is 15.5. The van der Waals surface area contributed by atoms with E-state index in [0.29, 0.717) is 0 Å². The van der Waals surface area contributed by atoms with Crippen molar-refractivity contribution in [3.63, 3.8) is 0 Å². The highest BCUT2D eigenvalue weighted by Gasteiger charge is 2.56. The SMILES string of the molecule is OCC(COCCOCC(CO)COCC(F)(F)CC(F)(F)F)COCCC(F)(F)C(F)(F)F. The van der Waals surface area contributed by atoms with E-state index in [4.69, 9.17) is 24.4 Å². The van der Waals surface area contributed by atoms with Gasteiger partial charge in [-0.05, 0) is 0 Å². The van der Waals surface area contributed by atoms with Crippen LogP contribution in [0.15, 0.2) is 0 Å². The minimum Gasteiger partial charge on any atom is -0.396 e. The standard InChI is InChI=1S/C18H28F10O6/c19-15(20,11-17(23,24)25)12-34-10-14(6-30)9-33-4-3-32-8-13(5-29)7-31-2-1-16(21,22)18(26,27)28/h13-14,29-30H,1-12H2. The van der Waals surface area contributed by atoms with Crippen molar-refractivity contribution >= 4 is 0 Å². The second-order valence-corrected chi connectivity index (χ2v) is 7.44. The van der Waals surface area contributed by atoms with E-state index in [1.54, 1.807) is 0 Å². The molecule has 0 bridgehead atoms. The van der Waals surface area contributed by atoms with Gasteiger partial charge in [0.05, 0.1) is 59.5 Å². The third-order valence-electron chi connectivity index (χ3n) is 4.05. The van der Waals surface area contributed by atoms with E-state index < -0.39 is 81.9 Å². The van der Waals surface area contributed by atoms with E-state index in [0.717, 1.165) is 0 Å². The Morgan fingerprint density at radius 1 is 0.588 bits per heavy atom. The number of hydrogen-bond acceptors (Lipinski definition) is 6. The Morgan fingerprint density at radius 2 is 1.00 bits per heavy atom. The van der Waals surface area contributed by atoms with E-state index in [1.165, 1.54) is 0 Å². The van der Waals surface area contributed by atoms with E-state index in [9.17, 15) is 43.9 Å². The second-order valence-electron chi connectivity index (χ2n) is 7.44. The summed E-state index contributed by atoms with van der Waals surface area (Å²) in [5, 5.41) is 18.3. The van der Waals surface area contributed by atoms with Gasteiger partial charge >= 0.3 is 18.3 Å². The summed E-state index contributed by atoms with van der Waals surface area (Å²) in [6.45, 7) is -4.72. The van der Waals surface area contributed by atoms with Gasteiger partial charge in [0.2, 0.25) is 0 Å². The van der Waals surface area contributed by atoms with Crippen LogP contribution in [0.2, 0.25) is 0 Å². The van der Waals surface area contributed by atoms with Crippen LogP contribution in [0, 0.1) is 11.8 Å². The number of hydrogen-bond donors (Lipinski definition) is 2. The molecule has 0 aromatic carbocycles. The first-order valence-electron chi connectivity index (χ1n) is 9.95. The molecule has 2 N–H and O–H groups in total. The van der Waals surface area contributed by atoms with Crippen LogP contribution in [0.3, 0.4) is 0 Å². The molecule has 0 saturated heterocycles. The molecule has 6 nitrogen and oxygen atoms in total. The molecule has 0 aromatic heterocycles. The normalized spacial score (nSPS) is 15.5. The van der Waals surface area contributed by atoms with Crippen molar-refractivity contribution in [2.45, 2.75) is 37.0 Å². The maximum Gasteiger partial charge on any atom is 0.453 e. The number of alkyl halides is 10. The minimum absolute atomic E-state index is 0.0642. The molecule has 34 heavy (non-hydrogen) atoms. The molecule has 0 radical (unpaired) electrons. The summed E-state index contributed by atoms with van der Waals surface area (Å²) in [7, 11) is 0. The lowest BCUT2D eigenvalue weighted by Gasteiger charge is -2.21. The molecule has 0 aliphatic heterocycles. The Kier molecular flexibility index (Phi) is 14.8. The first-order valence-corrected chi connectivity index (χ1v) is 9.95. The third-order valence-corrected chi connectivity index (χ3v) is 4.05. The lowest BCUT2D eigenvalue weighted by molar-refractivity contribution is -0.287. The summed E-state index contributed by atoms with van der Waals surface area (Å²) < 4.78 is 143. The Balaban J connectivity index is 3.97. The van der Waals surface area contributed by atoms with Gasteiger partial charge in [0, 0.05) is 18.3 Å². The molecule has 0 rings (SSSR count). The van der Waals surface area contributed by atoms with E-state index in [2.05, 4.69) is 4.74 Å². The molecule has 206 valence electrons. The molecular formula is C18H28F10O6. The van der Waals surface area contributed by atoms with Gasteiger partial charge < -0.3 is 29.2 Å². The molecule has 0 aliphatic carbocycles. The number of halogens is 10. The van der Waals surface area contributed by atoms with Crippen molar-refractivity contribution in [3.8, 4) is 0 Å². The molecule has 0 aromatic rings. The molecule has 0 fully saturated rings. The van der Waals surface area contributed by atoms with Crippen LogP contribution < -0.4 is 0 Å². The summed E-state index contributed by atoms with van der Waals surface area (Å²) in [5.41, 5.74) is 0. The third kappa shape index (κ3) is 15.9. The van der Waals surface area contributed by atoms with Gasteiger partial charge in [-0.1, -0.05) is 0 Å². The van der Waals surface area contributed by atoms with Crippen LogP contribution in [-0.2, 0) is 18.9 Å². The molecule has 0 heterocycles. The van der Waals surface area contributed by atoms with Crippen LogP contribution >= 0.6 is 0 Å². The molecule has 0 spiro atoms. The van der Waals surface area contributed by atoms with Crippen molar-refractivity contribution in [2.75, 3.05) is 66.1 Å². The highest BCUT2D eigenvalue weighted by molar-refractivity contribution is 4.75. The predicted octanol–water partition coefficient (Wildman–Crippen LogP) is 3.45. The number of rotatable bonds is 19. The predicted molar refractivity (Wildman–Crippen MR) is 95.7 cm³/mol. The molecule has 2 atom stereocenters. The Labute approximate surface area is 189 Å². The molecule has 0 amide bonds. The van der Waals surface area contributed by atoms with Gasteiger partial charge in [-0.25, -0.2) is 8.78 Å². The number of aliphatic hydroxyl groups excluding tert-OH is 2. The maximum absolute atomic E-state index is 13.1. The van der Waals surface area contributed by atoms with Crippen molar-refractivity contribution in [1.82, 2.24) is 0 Å². The Hall–Kier alpha value is -0.940. The van der Waals surface area contributed by atoms with Crippen LogP contribution in [0.4, 0.5) is 43.9 Å². The van der Waals surface area contributed by atoms with Crippen LogP contribution in [-0.4, -0.2) is 100 Å². The minimum atomic E-state index is -5.69. The van der Waals surface area contributed by atoms with Gasteiger partial charge in [0.1, 0.15) is 13.0 Å². The second kappa shape index (κ2) is 15.2. The van der Waals surface area contributed by atoms with Crippen LogP contribution in [0.5, 0.6) is 0 Å². The zero-order valence-corrected chi connectivity index (χ0v) is 17.9. The van der Waals surface area contributed by atoms with Gasteiger partial charge in [-0.3, -0.25) is 0 Å². The Morgan fingerprint density at radius 3 is 1.38 bits per heavy atom. The van der Waals surface area contributed by atoms with Crippen LogP contribution in [0.25, 0.3) is 0 Å². The largest absolute Gasteiger partial charge is 0.453 e. The smallest absolute Gasteiger partial charge is 0.396 e. The fraction of sp³-hybridized carbons (Fsp3) is 1.00. The van der Waals surface area contributed by atoms with Gasteiger partial charge in [0.15, 0.2) is 0 Å². The van der Waals surface area contributed by atoms with Crippen molar-refractivity contribution < 1.29 is 73.1 Å². The van der Waals surface area contributed by atoms with E-state index in [1.807, 2.05) is 0 Å². The summed E-state index contributed by atoms with van der Waals surface area (Å²) in [6.07, 6.45) is -14.7. The molecule has 0 aliphatic rings. The average molecular weight is 530 g/mol.